The number of hydrogen-bond donors (Lipinski definition) is 3. The van der Waals surface area contributed by atoms with Crippen molar-refractivity contribution in [2.75, 3.05) is 6.54 Å². The zero-order chi connectivity index (χ0) is 16.2. The summed E-state index contributed by atoms with van der Waals surface area (Å²) in [7, 11) is 0. The van der Waals surface area contributed by atoms with Gasteiger partial charge in [-0.3, -0.25) is 4.79 Å². The average molecular weight is 304 g/mol. The molecule has 0 aliphatic carbocycles. The second-order valence-corrected chi connectivity index (χ2v) is 6.96. The Hall–Kier alpha value is -1.39. The average Bonchev–Trinajstić information content (AvgIpc) is 3.02. The van der Waals surface area contributed by atoms with Gasteiger partial charge in [0.25, 0.3) is 0 Å². The lowest BCUT2D eigenvalue weighted by Gasteiger charge is -2.30. The molecule has 1 amide bonds. The van der Waals surface area contributed by atoms with Crippen LogP contribution in [0.5, 0.6) is 0 Å². The molecular formula is C18H28N2O2. The molecule has 2 rings (SSSR count). The maximum Gasteiger partial charge on any atom is 0.226 e. The topological polar surface area (TPSA) is 61.4 Å². The van der Waals surface area contributed by atoms with Gasteiger partial charge in [-0.15, -0.1) is 0 Å². The van der Waals surface area contributed by atoms with E-state index in [1.165, 1.54) is 0 Å². The van der Waals surface area contributed by atoms with E-state index >= 15 is 0 Å². The predicted octanol–water partition coefficient (Wildman–Crippen LogP) is 2.39. The molecule has 0 spiro atoms. The summed E-state index contributed by atoms with van der Waals surface area (Å²) in [6.45, 7) is 6.74. The molecule has 3 N–H and O–H groups in total. The van der Waals surface area contributed by atoms with Gasteiger partial charge in [0.2, 0.25) is 5.91 Å². The molecule has 22 heavy (non-hydrogen) atoms. The van der Waals surface area contributed by atoms with Crippen molar-refractivity contribution in [2.24, 2.45) is 5.41 Å². The highest BCUT2D eigenvalue weighted by Crippen LogP contribution is 2.27. The minimum absolute atomic E-state index is 0.0131. The Morgan fingerprint density at radius 2 is 2.09 bits per heavy atom. The van der Waals surface area contributed by atoms with E-state index in [0.717, 1.165) is 24.9 Å². The van der Waals surface area contributed by atoms with Crippen molar-refractivity contribution < 1.29 is 9.90 Å². The highest BCUT2D eigenvalue weighted by atomic mass is 16.3. The SMILES string of the molecule is C[C@@H](NC(=O)C(C)(C)C[C@H](O)[C@@H]1CCCN1)c1ccccc1. The lowest BCUT2D eigenvalue weighted by molar-refractivity contribution is -0.131. The second kappa shape index (κ2) is 7.25. The molecule has 1 aliphatic heterocycles. The molecule has 1 heterocycles. The normalized spacial score (nSPS) is 21.4. The molecule has 0 radical (unpaired) electrons. The van der Waals surface area contributed by atoms with Crippen molar-refractivity contribution in [3.05, 3.63) is 35.9 Å². The minimum Gasteiger partial charge on any atom is -0.391 e. The summed E-state index contributed by atoms with van der Waals surface area (Å²) >= 11 is 0. The summed E-state index contributed by atoms with van der Waals surface area (Å²) in [6.07, 6.45) is 2.08. The van der Waals surface area contributed by atoms with Crippen LogP contribution in [0.4, 0.5) is 0 Å². The molecule has 0 unspecified atom stereocenters. The third-order valence-corrected chi connectivity index (χ3v) is 4.54. The fourth-order valence-electron chi connectivity index (χ4n) is 3.01. The van der Waals surface area contributed by atoms with Crippen LogP contribution in [0.1, 0.15) is 51.6 Å². The number of benzene rings is 1. The van der Waals surface area contributed by atoms with E-state index in [9.17, 15) is 9.90 Å². The summed E-state index contributed by atoms with van der Waals surface area (Å²) in [5.74, 6) is -0.0131. The number of carbonyl (C=O) groups is 1. The number of nitrogens with one attached hydrogen (secondary N) is 2. The van der Waals surface area contributed by atoms with Gasteiger partial charge >= 0.3 is 0 Å². The maximum absolute atomic E-state index is 12.6. The first-order valence-electron chi connectivity index (χ1n) is 8.17. The zero-order valence-corrected chi connectivity index (χ0v) is 13.8. The first-order chi connectivity index (χ1) is 10.4. The molecule has 0 saturated carbocycles. The van der Waals surface area contributed by atoms with Gasteiger partial charge in [-0.05, 0) is 38.3 Å². The standard InChI is InChI=1S/C18H28N2O2/c1-13(14-8-5-4-6-9-14)20-17(22)18(2,3)12-16(21)15-10-7-11-19-15/h4-6,8-9,13,15-16,19,21H,7,10-12H2,1-3H3,(H,20,22)/t13-,15+,16+/m1/s1. The molecule has 1 aromatic carbocycles. The van der Waals surface area contributed by atoms with Crippen molar-refractivity contribution >= 4 is 5.91 Å². The molecular weight excluding hydrogens is 276 g/mol. The van der Waals surface area contributed by atoms with Gasteiger partial charge in [0.05, 0.1) is 12.1 Å². The molecule has 0 aromatic heterocycles. The van der Waals surface area contributed by atoms with Gasteiger partial charge in [-0.2, -0.15) is 0 Å². The summed E-state index contributed by atoms with van der Waals surface area (Å²) in [6, 6.07) is 10.0. The number of hydrogen-bond acceptors (Lipinski definition) is 3. The van der Waals surface area contributed by atoms with Crippen LogP contribution in [0.3, 0.4) is 0 Å². The molecule has 0 bridgehead atoms. The van der Waals surface area contributed by atoms with Crippen LogP contribution in [0.2, 0.25) is 0 Å². The second-order valence-electron chi connectivity index (χ2n) is 6.96. The van der Waals surface area contributed by atoms with Gasteiger partial charge in [-0.1, -0.05) is 44.2 Å². The summed E-state index contributed by atoms with van der Waals surface area (Å²) in [5.41, 5.74) is 0.497. The zero-order valence-electron chi connectivity index (χ0n) is 13.8. The smallest absolute Gasteiger partial charge is 0.226 e. The molecule has 1 saturated heterocycles. The number of aliphatic hydroxyl groups excluding tert-OH is 1. The molecule has 4 heteroatoms. The van der Waals surface area contributed by atoms with Crippen LogP contribution in [-0.4, -0.2) is 29.7 Å². The lowest BCUT2D eigenvalue weighted by atomic mass is 9.83. The monoisotopic (exact) mass is 304 g/mol. The van der Waals surface area contributed by atoms with Crippen molar-refractivity contribution in [1.82, 2.24) is 10.6 Å². The Morgan fingerprint density at radius 3 is 2.68 bits per heavy atom. The number of carbonyl (C=O) groups excluding carboxylic acids is 1. The molecule has 1 aromatic rings. The summed E-state index contributed by atoms with van der Waals surface area (Å²) in [5, 5.41) is 16.7. The van der Waals surface area contributed by atoms with Crippen molar-refractivity contribution in [3.63, 3.8) is 0 Å². The van der Waals surface area contributed by atoms with Crippen molar-refractivity contribution in [1.29, 1.82) is 0 Å². The fourth-order valence-corrected chi connectivity index (χ4v) is 3.01. The van der Waals surface area contributed by atoms with Gasteiger partial charge in [0, 0.05) is 11.5 Å². The Balaban J connectivity index is 1.92. The first-order valence-corrected chi connectivity index (χ1v) is 8.17. The van der Waals surface area contributed by atoms with E-state index in [-0.39, 0.29) is 18.0 Å². The van der Waals surface area contributed by atoms with Crippen LogP contribution in [0.15, 0.2) is 30.3 Å². The van der Waals surface area contributed by atoms with Crippen molar-refractivity contribution in [2.45, 2.75) is 58.2 Å². The highest BCUT2D eigenvalue weighted by Gasteiger charge is 2.34. The number of aliphatic hydroxyl groups is 1. The number of amides is 1. The summed E-state index contributed by atoms with van der Waals surface area (Å²) < 4.78 is 0. The Morgan fingerprint density at radius 1 is 1.41 bits per heavy atom. The van der Waals surface area contributed by atoms with Gasteiger partial charge in [0.1, 0.15) is 0 Å². The van der Waals surface area contributed by atoms with E-state index < -0.39 is 11.5 Å². The minimum atomic E-state index is -0.591. The molecule has 1 aliphatic rings. The Labute approximate surface area is 133 Å². The van der Waals surface area contributed by atoms with Crippen molar-refractivity contribution in [3.8, 4) is 0 Å². The van der Waals surface area contributed by atoms with Gasteiger partial charge < -0.3 is 15.7 Å². The van der Waals surface area contributed by atoms with E-state index in [1.54, 1.807) is 0 Å². The van der Waals surface area contributed by atoms with Gasteiger partial charge in [-0.25, -0.2) is 0 Å². The molecule has 4 nitrogen and oxygen atoms in total. The quantitative estimate of drug-likeness (QED) is 0.756. The van der Waals surface area contributed by atoms with Gasteiger partial charge in [0.15, 0.2) is 0 Å². The van der Waals surface area contributed by atoms with E-state index in [2.05, 4.69) is 10.6 Å². The number of rotatable bonds is 6. The maximum atomic E-state index is 12.6. The molecule has 3 atom stereocenters. The van der Waals surface area contributed by atoms with Crippen LogP contribution >= 0.6 is 0 Å². The van der Waals surface area contributed by atoms with Crippen LogP contribution in [0.25, 0.3) is 0 Å². The largest absolute Gasteiger partial charge is 0.391 e. The fraction of sp³-hybridized carbons (Fsp3) is 0.611. The Kier molecular flexibility index (Phi) is 5.59. The highest BCUT2D eigenvalue weighted by molar-refractivity contribution is 5.82. The van der Waals surface area contributed by atoms with E-state index in [1.807, 2.05) is 51.1 Å². The van der Waals surface area contributed by atoms with Crippen LogP contribution in [0, 0.1) is 5.41 Å². The van der Waals surface area contributed by atoms with Crippen LogP contribution < -0.4 is 10.6 Å². The lowest BCUT2D eigenvalue weighted by Crippen LogP contribution is -2.44. The Bertz CT molecular complexity index is 481. The first kappa shape index (κ1) is 17.0. The predicted molar refractivity (Wildman–Crippen MR) is 88.4 cm³/mol. The van der Waals surface area contributed by atoms with E-state index in [0.29, 0.717) is 6.42 Å². The summed E-state index contributed by atoms with van der Waals surface area (Å²) in [4.78, 5) is 12.6. The molecule has 1 fully saturated rings. The third-order valence-electron chi connectivity index (χ3n) is 4.54. The van der Waals surface area contributed by atoms with E-state index in [4.69, 9.17) is 0 Å². The third kappa shape index (κ3) is 4.31. The molecule has 122 valence electrons. The van der Waals surface area contributed by atoms with Crippen LogP contribution in [-0.2, 0) is 4.79 Å².